The lowest BCUT2D eigenvalue weighted by Gasteiger charge is -2.11. The fraction of sp³-hybridized carbons (Fsp3) is 0.263. The molecule has 1 aliphatic carbocycles. The molecule has 4 N–H and O–H groups in total. The Bertz CT molecular complexity index is 988. The van der Waals surface area contributed by atoms with Crippen LogP contribution in [-0.2, 0) is 11.8 Å². The fourth-order valence-corrected chi connectivity index (χ4v) is 3.49. The molecular weight excluding hydrogens is 336 g/mol. The molecule has 3 aromatic rings. The number of pyridine rings is 1. The molecule has 6 heteroatoms. The molecule has 25 heavy (non-hydrogen) atoms. The first-order chi connectivity index (χ1) is 12.0. The largest absolute Gasteiger partial charge is 0.409 e. The van der Waals surface area contributed by atoms with Crippen molar-refractivity contribution in [3.63, 3.8) is 0 Å². The van der Waals surface area contributed by atoms with Crippen LogP contribution < -0.4 is 5.73 Å². The lowest BCUT2D eigenvalue weighted by Crippen LogP contribution is -2.15. The van der Waals surface area contributed by atoms with Crippen LogP contribution in [0.1, 0.15) is 42.4 Å². The highest BCUT2D eigenvalue weighted by atomic mass is 35.5. The highest BCUT2D eigenvalue weighted by molar-refractivity contribution is 6.31. The van der Waals surface area contributed by atoms with E-state index in [0.29, 0.717) is 12.1 Å². The summed E-state index contributed by atoms with van der Waals surface area (Å²) < 4.78 is 0. The zero-order valence-electron chi connectivity index (χ0n) is 13.9. The van der Waals surface area contributed by atoms with Crippen molar-refractivity contribution in [2.45, 2.75) is 31.6 Å². The fourth-order valence-electron chi connectivity index (χ4n) is 3.32. The summed E-state index contributed by atoms with van der Waals surface area (Å²) in [5.74, 6) is 0.0157. The number of fused-ring (bicyclic) bond motifs is 1. The van der Waals surface area contributed by atoms with Crippen LogP contribution in [0.3, 0.4) is 0 Å². The molecule has 4 rings (SSSR count). The second kappa shape index (κ2) is 5.77. The molecule has 0 spiro atoms. The molecule has 1 fully saturated rings. The summed E-state index contributed by atoms with van der Waals surface area (Å²) in [6, 6.07) is 11.5. The molecule has 0 radical (unpaired) electrons. The molecule has 2 aromatic heterocycles. The molecule has 0 saturated heterocycles. The van der Waals surface area contributed by atoms with Crippen molar-refractivity contribution in [2.24, 2.45) is 10.9 Å². The summed E-state index contributed by atoms with van der Waals surface area (Å²) in [6.45, 7) is 2.28. The Morgan fingerprint density at radius 1 is 1.36 bits per heavy atom. The smallest absolute Gasteiger partial charge is 0.188 e. The van der Waals surface area contributed by atoms with Crippen LogP contribution in [0.4, 0.5) is 0 Å². The average molecular weight is 355 g/mol. The van der Waals surface area contributed by atoms with E-state index in [2.05, 4.69) is 28.1 Å². The average Bonchev–Trinajstić information content (AvgIpc) is 3.26. The number of benzene rings is 1. The Hall–Kier alpha value is -2.53. The molecule has 5 nitrogen and oxygen atoms in total. The predicted molar refractivity (Wildman–Crippen MR) is 99.4 cm³/mol. The van der Waals surface area contributed by atoms with Crippen molar-refractivity contribution in [1.29, 1.82) is 0 Å². The van der Waals surface area contributed by atoms with Crippen molar-refractivity contribution in [2.75, 3.05) is 0 Å². The van der Waals surface area contributed by atoms with Gasteiger partial charge in [-0.1, -0.05) is 35.8 Å². The Labute approximate surface area is 150 Å². The maximum Gasteiger partial charge on any atom is 0.188 e. The summed E-state index contributed by atoms with van der Waals surface area (Å²) in [7, 11) is 0. The van der Waals surface area contributed by atoms with E-state index in [4.69, 9.17) is 22.5 Å². The van der Waals surface area contributed by atoms with E-state index in [1.807, 2.05) is 24.3 Å². The van der Waals surface area contributed by atoms with Gasteiger partial charge in [-0.15, -0.1) is 0 Å². The third-order valence-corrected chi connectivity index (χ3v) is 5.24. The maximum absolute atomic E-state index is 8.87. The third kappa shape index (κ3) is 2.85. The Morgan fingerprint density at radius 3 is 2.88 bits per heavy atom. The van der Waals surface area contributed by atoms with Gasteiger partial charge >= 0.3 is 0 Å². The lowest BCUT2D eigenvalue weighted by molar-refractivity contribution is 0.318. The summed E-state index contributed by atoms with van der Waals surface area (Å²) in [5.41, 5.74) is 10.8. The van der Waals surface area contributed by atoms with Crippen LogP contribution >= 0.6 is 11.6 Å². The summed E-state index contributed by atoms with van der Waals surface area (Å²) in [4.78, 5) is 8.11. The number of nitrogens with one attached hydrogen (secondary N) is 1. The zero-order valence-corrected chi connectivity index (χ0v) is 14.6. The number of aromatic amines is 1. The van der Waals surface area contributed by atoms with Crippen molar-refractivity contribution in [3.8, 4) is 0 Å². The number of nitrogens with two attached hydrogens (primary N) is 1. The molecule has 0 unspecified atom stereocenters. The van der Waals surface area contributed by atoms with E-state index < -0.39 is 0 Å². The molecule has 0 atom stereocenters. The van der Waals surface area contributed by atoms with E-state index in [0.717, 1.165) is 16.2 Å². The first-order valence-corrected chi connectivity index (χ1v) is 8.62. The maximum atomic E-state index is 8.87. The van der Waals surface area contributed by atoms with Gasteiger partial charge in [0.05, 0.1) is 0 Å². The van der Waals surface area contributed by atoms with Crippen LogP contribution in [0.5, 0.6) is 0 Å². The van der Waals surface area contributed by atoms with Gasteiger partial charge in [-0.2, -0.15) is 0 Å². The summed E-state index contributed by atoms with van der Waals surface area (Å²) in [5, 5.41) is 13.8. The van der Waals surface area contributed by atoms with Gasteiger partial charge in [0.25, 0.3) is 0 Å². The quantitative estimate of drug-likeness (QED) is 0.287. The van der Waals surface area contributed by atoms with Crippen LogP contribution in [0.25, 0.3) is 10.9 Å². The molecule has 2 heterocycles. The van der Waals surface area contributed by atoms with Gasteiger partial charge < -0.3 is 15.9 Å². The molecule has 0 bridgehead atoms. The minimum Gasteiger partial charge on any atom is -0.409 e. The molecule has 128 valence electrons. The number of aromatic nitrogens is 2. The van der Waals surface area contributed by atoms with E-state index in [-0.39, 0.29) is 11.3 Å². The number of rotatable bonds is 4. The molecule has 1 aliphatic rings. The van der Waals surface area contributed by atoms with Crippen LogP contribution in [-0.4, -0.2) is 21.0 Å². The topological polar surface area (TPSA) is 87.3 Å². The second-order valence-corrected chi connectivity index (χ2v) is 7.34. The first kappa shape index (κ1) is 16.0. The molecule has 0 aliphatic heterocycles. The van der Waals surface area contributed by atoms with Gasteiger partial charge in [-0.25, -0.2) is 4.98 Å². The number of H-pyrrole nitrogens is 1. The normalized spacial score (nSPS) is 16.3. The van der Waals surface area contributed by atoms with Gasteiger partial charge in [-0.05, 0) is 42.7 Å². The Kier molecular flexibility index (Phi) is 3.69. The highest BCUT2D eigenvalue weighted by Gasteiger charge is 2.42. The molecular formula is C19H19ClN4O. The number of amidine groups is 1. The predicted octanol–water partition coefficient (Wildman–Crippen LogP) is 3.95. The number of halogens is 1. The minimum atomic E-state index is 0.0157. The van der Waals surface area contributed by atoms with Crippen LogP contribution in [0.15, 0.2) is 41.6 Å². The number of hydrogen-bond donors (Lipinski definition) is 3. The highest BCUT2D eigenvalue weighted by Crippen LogP contribution is 2.50. The van der Waals surface area contributed by atoms with Gasteiger partial charge in [0.1, 0.15) is 5.69 Å². The first-order valence-electron chi connectivity index (χ1n) is 8.24. The van der Waals surface area contributed by atoms with E-state index >= 15 is 0 Å². The minimum absolute atomic E-state index is 0.0157. The van der Waals surface area contributed by atoms with Crippen molar-refractivity contribution in [3.05, 3.63) is 64.1 Å². The van der Waals surface area contributed by atoms with Gasteiger partial charge in [0.15, 0.2) is 5.84 Å². The Balaban J connectivity index is 1.81. The second-order valence-electron chi connectivity index (χ2n) is 6.91. The van der Waals surface area contributed by atoms with E-state index in [1.165, 1.54) is 29.5 Å². The van der Waals surface area contributed by atoms with Crippen LogP contribution in [0, 0.1) is 0 Å². The van der Waals surface area contributed by atoms with Gasteiger partial charge in [0, 0.05) is 39.1 Å². The standard InChI is InChI=1S/C19H19ClN4O/c1-19(7-8-19)17-14(13-6-5-11(20)9-16(13)23-17)10-12-3-2-4-15(22-12)18(21)24-25/h2-6,9,23,25H,7-8,10H2,1H3,(H2,21,24). The van der Waals surface area contributed by atoms with E-state index in [9.17, 15) is 0 Å². The number of hydrogen-bond acceptors (Lipinski definition) is 3. The van der Waals surface area contributed by atoms with E-state index in [1.54, 1.807) is 6.07 Å². The number of nitrogens with zero attached hydrogens (tertiary/aromatic N) is 2. The van der Waals surface area contributed by atoms with Crippen molar-refractivity contribution < 1.29 is 5.21 Å². The monoisotopic (exact) mass is 354 g/mol. The molecule has 0 amide bonds. The lowest BCUT2D eigenvalue weighted by atomic mass is 9.96. The number of oxime groups is 1. The summed E-state index contributed by atoms with van der Waals surface area (Å²) in [6.07, 6.45) is 3.04. The zero-order chi connectivity index (χ0) is 17.6. The SMILES string of the molecule is CC1(c2[nH]c3cc(Cl)ccc3c2Cc2cccc(C(N)=NO)n2)CC1. The van der Waals surface area contributed by atoms with Crippen molar-refractivity contribution >= 4 is 28.3 Å². The van der Waals surface area contributed by atoms with Crippen molar-refractivity contribution in [1.82, 2.24) is 9.97 Å². The Morgan fingerprint density at radius 2 is 2.16 bits per heavy atom. The molecule has 1 saturated carbocycles. The molecule has 1 aromatic carbocycles. The third-order valence-electron chi connectivity index (χ3n) is 5.01. The van der Waals surface area contributed by atoms with Gasteiger partial charge in [0.2, 0.25) is 0 Å². The summed E-state index contributed by atoms with van der Waals surface area (Å²) >= 11 is 6.16. The van der Waals surface area contributed by atoms with Crippen LogP contribution in [0.2, 0.25) is 5.02 Å². The van der Waals surface area contributed by atoms with Gasteiger partial charge in [-0.3, -0.25) is 0 Å².